The largest absolute Gasteiger partial charge is 0.444 e. The highest BCUT2D eigenvalue weighted by Gasteiger charge is 2.64. The number of piperidine rings is 1. The normalized spacial score (nSPS) is 28.2. The summed E-state index contributed by atoms with van der Waals surface area (Å²) in [5.41, 5.74) is 5.27. The molecule has 4 heterocycles. The van der Waals surface area contributed by atoms with Crippen molar-refractivity contribution >= 4 is 12.2 Å². The van der Waals surface area contributed by atoms with Gasteiger partial charge < -0.3 is 19.4 Å². The summed E-state index contributed by atoms with van der Waals surface area (Å²) in [6, 6.07) is 17.0. The number of nitrogens with zero attached hydrogens (tertiary/aromatic N) is 4. The molecule has 0 radical (unpaired) electrons. The van der Waals surface area contributed by atoms with Gasteiger partial charge in [-0.2, -0.15) is 0 Å². The molecule has 2 aromatic carbocycles. The van der Waals surface area contributed by atoms with E-state index in [2.05, 4.69) is 72.3 Å². The second kappa shape index (κ2) is 11.5. The van der Waals surface area contributed by atoms with Crippen LogP contribution in [0.2, 0.25) is 0 Å². The molecule has 10 nitrogen and oxygen atoms in total. The Morgan fingerprint density at radius 2 is 1.06 bits per heavy atom. The zero-order chi connectivity index (χ0) is 36.1. The van der Waals surface area contributed by atoms with Crippen molar-refractivity contribution in [2.24, 2.45) is 10.8 Å². The number of carbonyl (C=O) groups excluding carboxylic acids is 2. The number of fused-ring (bicyclic) bond motifs is 2. The van der Waals surface area contributed by atoms with Gasteiger partial charge in [0.05, 0.1) is 35.9 Å². The second-order valence-electron chi connectivity index (χ2n) is 17.8. The second-order valence-corrected chi connectivity index (χ2v) is 17.8. The fourth-order valence-corrected chi connectivity index (χ4v) is 8.61. The van der Waals surface area contributed by atoms with Crippen LogP contribution in [0.4, 0.5) is 9.59 Å². The molecule has 0 spiro atoms. The Bertz CT molecular complexity index is 1970. The Morgan fingerprint density at radius 3 is 1.47 bits per heavy atom. The Kier molecular flexibility index (Phi) is 7.53. The third-order valence-corrected chi connectivity index (χ3v) is 11.5. The van der Waals surface area contributed by atoms with Gasteiger partial charge in [-0.1, -0.05) is 62.4 Å². The molecule has 4 aromatic rings. The van der Waals surface area contributed by atoms with Crippen LogP contribution in [0, 0.1) is 10.8 Å². The fraction of sp³-hybridized carbons (Fsp3) is 0.512. The summed E-state index contributed by atoms with van der Waals surface area (Å²) in [5, 5.41) is 0. The van der Waals surface area contributed by atoms with E-state index < -0.39 is 11.2 Å². The molecule has 2 saturated heterocycles. The molecule has 2 aromatic heterocycles. The number of rotatable bonds is 5. The standard InChI is InChI=1S/C41H50N6O4/c1-38(2,3)50-36(48)46-30(19-40(7)18-17-32(40)46)34-42-22-28(44-34)26-13-9-24(10-14-26)25-11-15-27(16-12-25)29-23-43-35(45-29)31-20-41(8)21-33(41)47(31)37(49)51-39(4,5)6/h9-16,22-23,30-33H,17-21H2,1-8H3,(H,42,44)(H,43,45)/t30-,31-,32+,33?,40+,41-/m0/s1. The topological polar surface area (TPSA) is 116 Å². The summed E-state index contributed by atoms with van der Waals surface area (Å²) < 4.78 is 11.6. The van der Waals surface area contributed by atoms with Crippen LogP contribution in [0.15, 0.2) is 60.9 Å². The average molecular weight is 691 g/mol. The monoisotopic (exact) mass is 690 g/mol. The Labute approximate surface area is 300 Å². The van der Waals surface area contributed by atoms with E-state index in [1.807, 2.05) is 63.7 Å². The molecule has 0 bridgehead atoms. The molecule has 1 unspecified atom stereocenters. The summed E-state index contributed by atoms with van der Waals surface area (Å²) in [6.45, 7) is 16.0. The number of H-pyrrole nitrogens is 2. The lowest BCUT2D eigenvalue weighted by molar-refractivity contribution is -0.00704. The van der Waals surface area contributed by atoms with Crippen LogP contribution in [0.5, 0.6) is 0 Å². The molecular weight excluding hydrogens is 640 g/mol. The molecule has 10 heteroatoms. The molecule has 2 saturated carbocycles. The minimum Gasteiger partial charge on any atom is -0.444 e. The van der Waals surface area contributed by atoms with Gasteiger partial charge in [-0.3, -0.25) is 9.80 Å². The molecule has 2 aliphatic heterocycles. The van der Waals surface area contributed by atoms with Gasteiger partial charge in [0.15, 0.2) is 0 Å². The van der Waals surface area contributed by atoms with Gasteiger partial charge in [0.1, 0.15) is 22.9 Å². The number of amides is 2. The molecule has 268 valence electrons. The lowest BCUT2D eigenvalue weighted by Gasteiger charge is -2.44. The number of aromatic amines is 2. The van der Waals surface area contributed by atoms with Gasteiger partial charge >= 0.3 is 12.2 Å². The number of aromatic nitrogens is 4. The van der Waals surface area contributed by atoms with Crippen LogP contribution >= 0.6 is 0 Å². The van der Waals surface area contributed by atoms with Crippen molar-refractivity contribution in [1.29, 1.82) is 0 Å². The minimum absolute atomic E-state index is 0.100. The van der Waals surface area contributed by atoms with E-state index in [0.29, 0.717) is 0 Å². The van der Waals surface area contributed by atoms with Crippen LogP contribution < -0.4 is 0 Å². The van der Waals surface area contributed by atoms with Gasteiger partial charge in [-0.05, 0) is 107 Å². The summed E-state index contributed by atoms with van der Waals surface area (Å²) in [5.74, 6) is 1.61. The predicted octanol–water partition coefficient (Wildman–Crippen LogP) is 9.44. The highest BCUT2D eigenvalue weighted by molar-refractivity contribution is 5.73. The van der Waals surface area contributed by atoms with Crippen molar-refractivity contribution in [3.05, 3.63) is 72.6 Å². The van der Waals surface area contributed by atoms with Crippen LogP contribution in [-0.4, -0.2) is 65.2 Å². The third-order valence-electron chi connectivity index (χ3n) is 11.5. The lowest BCUT2D eigenvalue weighted by atomic mass is 9.66. The Hall–Kier alpha value is -4.60. The third kappa shape index (κ3) is 6.10. The summed E-state index contributed by atoms with van der Waals surface area (Å²) >= 11 is 0. The van der Waals surface area contributed by atoms with Crippen molar-refractivity contribution in [3.8, 4) is 33.6 Å². The first-order valence-corrected chi connectivity index (χ1v) is 18.3. The molecule has 4 aliphatic rings. The zero-order valence-electron chi connectivity index (χ0n) is 31.0. The minimum atomic E-state index is -0.551. The van der Waals surface area contributed by atoms with Crippen molar-refractivity contribution in [1.82, 2.24) is 29.7 Å². The highest BCUT2D eigenvalue weighted by atomic mass is 16.6. The molecule has 2 N–H and O–H groups in total. The molecule has 51 heavy (non-hydrogen) atoms. The van der Waals surface area contributed by atoms with Crippen LogP contribution in [0.1, 0.15) is 111 Å². The first-order chi connectivity index (χ1) is 24.0. The quantitative estimate of drug-likeness (QED) is 0.216. The molecule has 8 rings (SSSR count). The number of benzene rings is 2. The fourth-order valence-electron chi connectivity index (χ4n) is 8.61. The van der Waals surface area contributed by atoms with E-state index in [-0.39, 0.29) is 47.2 Å². The van der Waals surface area contributed by atoms with E-state index in [1.165, 1.54) is 0 Å². The number of imidazole rings is 2. The number of carbonyl (C=O) groups is 2. The first kappa shape index (κ1) is 33.5. The van der Waals surface area contributed by atoms with E-state index in [1.54, 1.807) is 0 Å². The van der Waals surface area contributed by atoms with E-state index in [9.17, 15) is 9.59 Å². The molecule has 6 atom stereocenters. The molecular formula is C41H50N6O4. The zero-order valence-corrected chi connectivity index (χ0v) is 31.0. The summed E-state index contributed by atoms with van der Waals surface area (Å²) in [7, 11) is 0. The van der Waals surface area contributed by atoms with Crippen molar-refractivity contribution < 1.29 is 19.1 Å². The van der Waals surface area contributed by atoms with Crippen LogP contribution in [-0.2, 0) is 9.47 Å². The van der Waals surface area contributed by atoms with E-state index in [0.717, 1.165) is 77.4 Å². The van der Waals surface area contributed by atoms with E-state index in [4.69, 9.17) is 19.4 Å². The molecule has 4 fully saturated rings. The van der Waals surface area contributed by atoms with Crippen LogP contribution in [0.3, 0.4) is 0 Å². The maximum atomic E-state index is 13.3. The van der Waals surface area contributed by atoms with Gasteiger partial charge in [0.2, 0.25) is 0 Å². The van der Waals surface area contributed by atoms with Crippen molar-refractivity contribution in [2.45, 2.75) is 123 Å². The first-order valence-electron chi connectivity index (χ1n) is 18.3. The Morgan fingerprint density at radius 1 is 0.647 bits per heavy atom. The summed E-state index contributed by atoms with van der Waals surface area (Å²) in [4.78, 5) is 46.9. The van der Waals surface area contributed by atoms with Crippen molar-refractivity contribution in [2.75, 3.05) is 0 Å². The number of ether oxygens (including phenoxy) is 2. The smallest absolute Gasteiger partial charge is 0.411 e. The van der Waals surface area contributed by atoms with Crippen molar-refractivity contribution in [3.63, 3.8) is 0 Å². The highest BCUT2D eigenvalue weighted by Crippen LogP contribution is 2.63. The maximum absolute atomic E-state index is 13.3. The lowest BCUT2D eigenvalue weighted by Crippen LogP contribution is -2.50. The number of likely N-dealkylation sites (tertiary alicyclic amines) is 2. The Balaban J connectivity index is 0.953. The molecule has 2 aliphatic carbocycles. The SMILES string of the molecule is CC(C)(C)OC(=O)N1C2C[C@]2(C)C[C@H]1c1ncc(-c2ccc(-c3ccc(-c4cnc([C@@H]5C[C@@]6(C)CC[C@H]6N5C(=O)OC(C)(C)C)[nH]4)cc3)cc2)[nH]1. The average Bonchev–Trinajstić information content (AvgIpc) is 3.54. The number of hydrogen-bond acceptors (Lipinski definition) is 6. The van der Waals surface area contributed by atoms with Gasteiger partial charge in [0.25, 0.3) is 0 Å². The summed E-state index contributed by atoms with van der Waals surface area (Å²) in [6.07, 6.45) is 8.09. The van der Waals surface area contributed by atoms with Crippen LogP contribution in [0.25, 0.3) is 33.6 Å². The predicted molar refractivity (Wildman–Crippen MR) is 196 cm³/mol. The van der Waals surface area contributed by atoms with E-state index >= 15 is 0 Å². The maximum Gasteiger partial charge on any atom is 0.411 e. The number of nitrogens with one attached hydrogen (secondary N) is 2. The molecule has 2 amide bonds. The van der Waals surface area contributed by atoms with Gasteiger partial charge in [-0.25, -0.2) is 19.6 Å². The number of hydrogen-bond donors (Lipinski definition) is 2. The van der Waals surface area contributed by atoms with Gasteiger partial charge in [-0.15, -0.1) is 0 Å². The van der Waals surface area contributed by atoms with Gasteiger partial charge in [0, 0.05) is 12.1 Å².